The van der Waals surface area contributed by atoms with Gasteiger partial charge in [-0.05, 0) is 43.7 Å². The van der Waals surface area contributed by atoms with E-state index in [1.165, 1.54) is 0 Å². The molecular formula is C17H19N5O3S2. The maximum Gasteiger partial charge on any atom is 0.245 e. The Morgan fingerprint density at radius 1 is 1.22 bits per heavy atom. The molecule has 142 valence electrons. The van der Waals surface area contributed by atoms with Crippen molar-refractivity contribution >= 4 is 32.8 Å². The first-order valence-electron chi connectivity index (χ1n) is 9.15. The molecule has 1 saturated carbocycles. The summed E-state index contributed by atoms with van der Waals surface area (Å²) in [5.41, 5.74) is 1.07. The second-order valence-corrected chi connectivity index (χ2v) is 9.72. The summed E-state index contributed by atoms with van der Waals surface area (Å²) in [6.45, 7) is 0.982. The van der Waals surface area contributed by atoms with E-state index < -0.39 is 10.0 Å². The third-order valence-electron chi connectivity index (χ3n) is 5.23. The SMILES string of the molecule is O=S(=O)(c1cccc2nsnc12)N1CCCC(Cc2noc(C3CC3)n2)C1. The molecule has 2 aliphatic rings. The lowest BCUT2D eigenvalue weighted by atomic mass is 9.96. The predicted molar refractivity (Wildman–Crippen MR) is 98.9 cm³/mol. The summed E-state index contributed by atoms with van der Waals surface area (Å²) in [5, 5.41) is 4.08. The number of rotatable bonds is 5. The summed E-state index contributed by atoms with van der Waals surface area (Å²) in [6.07, 6.45) is 4.66. The van der Waals surface area contributed by atoms with Crippen LogP contribution in [0.1, 0.15) is 43.3 Å². The topological polar surface area (TPSA) is 102 Å². The van der Waals surface area contributed by atoms with Crippen LogP contribution < -0.4 is 0 Å². The zero-order chi connectivity index (χ0) is 18.4. The van der Waals surface area contributed by atoms with Crippen LogP contribution in [0.15, 0.2) is 27.6 Å². The fourth-order valence-corrected chi connectivity index (χ4v) is 5.95. The van der Waals surface area contributed by atoms with Crippen molar-refractivity contribution in [3.63, 3.8) is 0 Å². The molecule has 27 heavy (non-hydrogen) atoms. The Hall–Kier alpha value is -1.91. The van der Waals surface area contributed by atoms with Gasteiger partial charge in [-0.2, -0.15) is 18.0 Å². The Balaban J connectivity index is 1.35. The van der Waals surface area contributed by atoms with Crippen LogP contribution in [0.2, 0.25) is 0 Å². The van der Waals surface area contributed by atoms with Gasteiger partial charge in [0.25, 0.3) is 0 Å². The van der Waals surface area contributed by atoms with Gasteiger partial charge in [0.15, 0.2) is 5.82 Å². The Labute approximate surface area is 161 Å². The molecule has 8 nitrogen and oxygen atoms in total. The molecule has 1 saturated heterocycles. The summed E-state index contributed by atoms with van der Waals surface area (Å²) in [7, 11) is -3.61. The van der Waals surface area contributed by atoms with Crippen LogP contribution in [0.3, 0.4) is 0 Å². The van der Waals surface area contributed by atoms with Gasteiger partial charge in [-0.1, -0.05) is 11.2 Å². The van der Waals surface area contributed by atoms with E-state index in [1.54, 1.807) is 22.5 Å². The van der Waals surface area contributed by atoms with Gasteiger partial charge in [-0.15, -0.1) is 0 Å². The monoisotopic (exact) mass is 405 g/mol. The molecule has 3 heterocycles. The van der Waals surface area contributed by atoms with Crippen molar-refractivity contribution in [3.05, 3.63) is 29.9 Å². The highest BCUT2D eigenvalue weighted by molar-refractivity contribution is 7.89. The fourth-order valence-electron chi connectivity index (χ4n) is 3.65. The predicted octanol–water partition coefficient (Wildman–Crippen LogP) is 2.60. The molecule has 0 amide bonds. The minimum Gasteiger partial charge on any atom is -0.339 e. The number of hydrogen-bond acceptors (Lipinski definition) is 8. The van der Waals surface area contributed by atoms with Gasteiger partial charge in [0, 0.05) is 25.4 Å². The number of fused-ring (bicyclic) bond motifs is 1. The standard InChI is InChI=1S/C17H19N5O3S2/c23-27(24,14-5-1-4-13-16(14)21-26-20-13)22-8-2-3-11(10-22)9-15-18-17(25-19-15)12-6-7-12/h1,4-5,11-12H,2-3,6-10H2. The molecule has 1 unspecified atom stereocenters. The summed E-state index contributed by atoms with van der Waals surface area (Å²) in [4.78, 5) is 4.72. The molecule has 2 fully saturated rings. The second-order valence-electron chi connectivity index (χ2n) is 7.29. The number of benzene rings is 1. The minimum atomic E-state index is -3.61. The molecule has 5 rings (SSSR count). The Kier molecular flexibility index (Phi) is 4.21. The van der Waals surface area contributed by atoms with Crippen LogP contribution in [0, 0.1) is 5.92 Å². The molecule has 1 aliphatic carbocycles. The summed E-state index contributed by atoms with van der Waals surface area (Å²) in [6, 6.07) is 5.12. The van der Waals surface area contributed by atoms with Gasteiger partial charge in [-0.25, -0.2) is 8.42 Å². The zero-order valence-corrected chi connectivity index (χ0v) is 16.2. The Morgan fingerprint density at radius 2 is 2.11 bits per heavy atom. The summed E-state index contributed by atoms with van der Waals surface area (Å²) < 4.78 is 41.7. The lowest BCUT2D eigenvalue weighted by Crippen LogP contribution is -2.40. The Bertz CT molecular complexity index is 1070. The van der Waals surface area contributed by atoms with Crippen LogP contribution in [0.4, 0.5) is 0 Å². The molecular weight excluding hydrogens is 386 g/mol. The molecule has 1 aromatic carbocycles. The molecule has 0 spiro atoms. The normalized spacial score (nSPS) is 21.7. The van der Waals surface area contributed by atoms with E-state index in [-0.39, 0.29) is 10.8 Å². The summed E-state index contributed by atoms with van der Waals surface area (Å²) >= 11 is 1.03. The third kappa shape index (κ3) is 3.26. The fraction of sp³-hybridized carbons (Fsp3) is 0.529. The van der Waals surface area contributed by atoms with Gasteiger partial charge in [-0.3, -0.25) is 0 Å². The van der Waals surface area contributed by atoms with Gasteiger partial charge in [0.2, 0.25) is 15.9 Å². The second kappa shape index (κ2) is 6.61. The van der Waals surface area contributed by atoms with Gasteiger partial charge in [0.1, 0.15) is 15.9 Å². The van der Waals surface area contributed by atoms with Crippen molar-refractivity contribution in [1.82, 2.24) is 23.2 Å². The average Bonchev–Trinajstić information content (AvgIpc) is 3.22. The van der Waals surface area contributed by atoms with Crippen LogP contribution in [-0.4, -0.2) is 44.7 Å². The average molecular weight is 406 g/mol. The lowest BCUT2D eigenvalue weighted by Gasteiger charge is -2.31. The van der Waals surface area contributed by atoms with Crippen molar-refractivity contribution in [1.29, 1.82) is 0 Å². The quantitative estimate of drug-likeness (QED) is 0.643. The number of sulfonamides is 1. The van der Waals surface area contributed by atoms with Gasteiger partial charge in [0.05, 0.1) is 11.7 Å². The molecule has 0 radical (unpaired) electrons. The molecule has 0 bridgehead atoms. The zero-order valence-electron chi connectivity index (χ0n) is 14.6. The van der Waals surface area contributed by atoms with Crippen LogP contribution in [0.5, 0.6) is 0 Å². The smallest absolute Gasteiger partial charge is 0.245 e. The molecule has 3 aromatic rings. The number of nitrogens with zero attached hydrogens (tertiary/aromatic N) is 5. The third-order valence-corrected chi connectivity index (χ3v) is 7.67. The van der Waals surface area contributed by atoms with Crippen LogP contribution in [-0.2, 0) is 16.4 Å². The highest BCUT2D eigenvalue weighted by Gasteiger charge is 2.34. The Morgan fingerprint density at radius 3 is 2.96 bits per heavy atom. The maximum atomic E-state index is 13.2. The van der Waals surface area contributed by atoms with Crippen molar-refractivity contribution in [3.8, 4) is 0 Å². The minimum absolute atomic E-state index is 0.186. The highest BCUT2D eigenvalue weighted by atomic mass is 32.2. The van der Waals surface area contributed by atoms with Gasteiger partial charge >= 0.3 is 0 Å². The molecule has 1 aliphatic heterocycles. The van der Waals surface area contributed by atoms with E-state index in [0.717, 1.165) is 43.3 Å². The summed E-state index contributed by atoms with van der Waals surface area (Å²) in [5.74, 6) is 2.03. The first-order chi connectivity index (χ1) is 13.1. The van der Waals surface area contributed by atoms with Crippen LogP contribution >= 0.6 is 11.7 Å². The van der Waals surface area contributed by atoms with Crippen molar-refractivity contribution < 1.29 is 12.9 Å². The van der Waals surface area contributed by atoms with Crippen molar-refractivity contribution in [2.75, 3.05) is 13.1 Å². The molecule has 1 atom stereocenters. The van der Waals surface area contributed by atoms with E-state index in [0.29, 0.717) is 42.3 Å². The molecule has 10 heteroatoms. The van der Waals surface area contributed by atoms with Gasteiger partial charge < -0.3 is 4.52 Å². The number of piperidine rings is 1. The van der Waals surface area contributed by atoms with E-state index in [2.05, 4.69) is 18.9 Å². The molecule has 0 N–H and O–H groups in total. The first-order valence-corrected chi connectivity index (χ1v) is 11.3. The van der Waals surface area contributed by atoms with E-state index >= 15 is 0 Å². The largest absolute Gasteiger partial charge is 0.339 e. The van der Waals surface area contributed by atoms with E-state index in [4.69, 9.17) is 4.52 Å². The molecule has 2 aromatic heterocycles. The van der Waals surface area contributed by atoms with Crippen LogP contribution in [0.25, 0.3) is 11.0 Å². The number of hydrogen-bond donors (Lipinski definition) is 0. The van der Waals surface area contributed by atoms with Crippen molar-refractivity contribution in [2.45, 2.75) is 42.9 Å². The van der Waals surface area contributed by atoms with Crippen molar-refractivity contribution in [2.24, 2.45) is 5.92 Å². The maximum absolute atomic E-state index is 13.2. The van der Waals surface area contributed by atoms with E-state index in [1.807, 2.05) is 0 Å². The van der Waals surface area contributed by atoms with E-state index in [9.17, 15) is 8.42 Å². The highest BCUT2D eigenvalue weighted by Crippen LogP contribution is 2.39. The lowest BCUT2D eigenvalue weighted by molar-refractivity contribution is 0.261. The first kappa shape index (κ1) is 17.2. The number of aromatic nitrogens is 4.